The average molecular weight is 494 g/mol. The van der Waals surface area contributed by atoms with Gasteiger partial charge in [-0.25, -0.2) is 4.79 Å². The lowest BCUT2D eigenvalue weighted by molar-refractivity contribution is -0.139. The Kier molecular flexibility index (Phi) is 8.12. The number of hydrogen-bond acceptors (Lipinski definition) is 4. The van der Waals surface area contributed by atoms with E-state index in [-0.39, 0.29) is 30.3 Å². The molecule has 1 aliphatic carbocycles. The first-order valence-corrected chi connectivity index (χ1v) is 12.5. The zero-order valence-corrected chi connectivity index (χ0v) is 22.7. The van der Waals surface area contributed by atoms with Crippen LogP contribution in [0.15, 0.2) is 36.4 Å². The van der Waals surface area contributed by atoms with Gasteiger partial charge >= 0.3 is 6.09 Å². The minimum atomic E-state index is -0.841. The number of aryl methyl sites for hydroxylation is 4. The Morgan fingerprint density at radius 1 is 1.00 bits per heavy atom. The minimum absolute atomic E-state index is 0.0896. The summed E-state index contributed by atoms with van der Waals surface area (Å²) in [6.45, 7) is 15.0. The van der Waals surface area contributed by atoms with Gasteiger partial charge in [-0.05, 0) is 88.6 Å². The van der Waals surface area contributed by atoms with E-state index in [0.29, 0.717) is 0 Å². The summed E-state index contributed by atoms with van der Waals surface area (Å²) in [5.41, 5.74) is 4.87. The molecule has 7 nitrogen and oxygen atoms in total. The smallest absolute Gasteiger partial charge is 0.408 e. The number of anilines is 1. The van der Waals surface area contributed by atoms with Crippen molar-refractivity contribution in [3.63, 3.8) is 0 Å². The second-order valence-corrected chi connectivity index (χ2v) is 10.9. The molecule has 3 rings (SSSR count). The maximum Gasteiger partial charge on any atom is 0.408 e. The third kappa shape index (κ3) is 6.65. The molecule has 3 amide bonds. The van der Waals surface area contributed by atoms with Crippen LogP contribution in [-0.2, 0) is 14.3 Å². The highest BCUT2D eigenvalue weighted by atomic mass is 16.6. The highest BCUT2D eigenvalue weighted by Crippen LogP contribution is 2.41. The van der Waals surface area contributed by atoms with E-state index >= 15 is 0 Å². The molecular weight excluding hydrogens is 454 g/mol. The number of benzene rings is 2. The summed E-state index contributed by atoms with van der Waals surface area (Å²) in [6.07, 6.45) is 0.137. The number of para-hydroxylation sites is 1. The van der Waals surface area contributed by atoms with Gasteiger partial charge in [-0.2, -0.15) is 0 Å². The van der Waals surface area contributed by atoms with E-state index in [4.69, 9.17) is 4.74 Å². The van der Waals surface area contributed by atoms with Crippen LogP contribution in [0.4, 0.5) is 10.5 Å². The van der Waals surface area contributed by atoms with Crippen molar-refractivity contribution in [3.05, 3.63) is 64.2 Å². The number of nitrogens with zero attached hydrogens (tertiary/aromatic N) is 1. The van der Waals surface area contributed by atoms with Crippen LogP contribution in [0.2, 0.25) is 0 Å². The first kappa shape index (κ1) is 27.2. The minimum Gasteiger partial charge on any atom is -0.444 e. The molecule has 2 aromatic carbocycles. The molecule has 2 N–H and O–H groups in total. The van der Waals surface area contributed by atoms with Crippen molar-refractivity contribution in [2.45, 2.75) is 79.5 Å². The first-order valence-electron chi connectivity index (χ1n) is 12.5. The summed E-state index contributed by atoms with van der Waals surface area (Å²) in [4.78, 5) is 41.4. The van der Waals surface area contributed by atoms with Crippen molar-refractivity contribution in [2.24, 2.45) is 5.92 Å². The van der Waals surface area contributed by atoms with Crippen molar-refractivity contribution < 1.29 is 19.1 Å². The number of hydrogen-bond donors (Lipinski definition) is 2. The van der Waals surface area contributed by atoms with E-state index in [0.717, 1.165) is 39.9 Å². The lowest BCUT2D eigenvalue weighted by atomic mass is 9.98. The van der Waals surface area contributed by atoms with Crippen LogP contribution in [0.5, 0.6) is 0 Å². The first-order chi connectivity index (χ1) is 16.8. The summed E-state index contributed by atoms with van der Waals surface area (Å²) in [5.74, 6) is -0.340. The van der Waals surface area contributed by atoms with E-state index in [1.807, 2.05) is 64.1 Å². The predicted octanol–water partition coefficient (Wildman–Crippen LogP) is 5.36. The van der Waals surface area contributed by atoms with Gasteiger partial charge in [-0.15, -0.1) is 0 Å². The second kappa shape index (κ2) is 10.7. The number of amides is 3. The molecule has 0 heterocycles. The highest BCUT2D eigenvalue weighted by Gasteiger charge is 2.46. The SMILES string of the molecule is Cc1ccc(C(C(=O)Nc2c(C)cccc2C)N(C(=O)CNC(=O)OC(C)(C)C)C2CC2C)cc1C. The zero-order chi connectivity index (χ0) is 26.8. The van der Waals surface area contributed by atoms with Gasteiger partial charge in [0.15, 0.2) is 0 Å². The van der Waals surface area contributed by atoms with E-state index in [9.17, 15) is 14.4 Å². The molecule has 7 heteroatoms. The Labute approximate surface area is 214 Å². The molecule has 0 aromatic heterocycles. The third-order valence-corrected chi connectivity index (χ3v) is 6.60. The monoisotopic (exact) mass is 493 g/mol. The van der Waals surface area contributed by atoms with Crippen molar-refractivity contribution in [3.8, 4) is 0 Å². The van der Waals surface area contributed by atoms with Crippen molar-refractivity contribution in [1.82, 2.24) is 10.2 Å². The molecule has 1 aliphatic rings. The predicted molar refractivity (Wildman–Crippen MR) is 142 cm³/mol. The number of carbonyl (C=O) groups is 3. The molecule has 3 unspecified atom stereocenters. The molecule has 0 spiro atoms. The molecule has 194 valence electrons. The van der Waals surface area contributed by atoms with Crippen LogP contribution in [0.1, 0.15) is 68.0 Å². The summed E-state index contributed by atoms with van der Waals surface area (Å²) < 4.78 is 5.29. The van der Waals surface area contributed by atoms with Gasteiger partial charge in [0.2, 0.25) is 5.91 Å². The quantitative estimate of drug-likeness (QED) is 0.543. The summed E-state index contributed by atoms with van der Waals surface area (Å²) >= 11 is 0. The molecule has 0 bridgehead atoms. The zero-order valence-electron chi connectivity index (χ0n) is 22.7. The van der Waals surface area contributed by atoms with Gasteiger partial charge in [0.25, 0.3) is 5.91 Å². The molecule has 1 fully saturated rings. The number of carbonyl (C=O) groups excluding carboxylic acids is 3. The molecule has 0 aliphatic heterocycles. The van der Waals surface area contributed by atoms with Crippen LogP contribution < -0.4 is 10.6 Å². The maximum absolute atomic E-state index is 13.9. The molecule has 3 atom stereocenters. The van der Waals surface area contributed by atoms with Crippen LogP contribution in [0, 0.1) is 33.6 Å². The Morgan fingerprint density at radius 3 is 2.14 bits per heavy atom. The van der Waals surface area contributed by atoms with E-state index in [1.165, 1.54) is 0 Å². The van der Waals surface area contributed by atoms with Gasteiger partial charge in [0.1, 0.15) is 18.2 Å². The van der Waals surface area contributed by atoms with Crippen molar-refractivity contribution in [1.29, 1.82) is 0 Å². The molecular formula is C29H39N3O4. The number of alkyl carbamates (subject to hydrolysis) is 1. The Balaban J connectivity index is 1.96. The van der Waals surface area contributed by atoms with Crippen LogP contribution >= 0.6 is 0 Å². The number of nitrogens with one attached hydrogen (secondary N) is 2. The summed E-state index contributed by atoms with van der Waals surface area (Å²) in [6, 6.07) is 10.8. The summed E-state index contributed by atoms with van der Waals surface area (Å²) in [7, 11) is 0. The lowest BCUT2D eigenvalue weighted by Gasteiger charge is -2.33. The Hall–Kier alpha value is -3.35. The third-order valence-electron chi connectivity index (χ3n) is 6.60. The van der Waals surface area contributed by atoms with Crippen molar-refractivity contribution >= 4 is 23.6 Å². The maximum atomic E-state index is 13.9. The van der Waals surface area contributed by atoms with Gasteiger partial charge in [0.05, 0.1) is 0 Å². The summed E-state index contributed by atoms with van der Waals surface area (Å²) in [5, 5.41) is 5.66. The number of ether oxygens (including phenoxy) is 1. The Morgan fingerprint density at radius 2 is 1.61 bits per heavy atom. The van der Waals surface area contributed by atoms with Gasteiger partial charge in [0, 0.05) is 11.7 Å². The Bertz CT molecular complexity index is 1130. The van der Waals surface area contributed by atoms with Gasteiger partial charge in [-0.3, -0.25) is 9.59 Å². The van der Waals surface area contributed by atoms with E-state index in [1.54, 1.807) is 25.7 Å². The van der Waals surface area contributed by atoms with Gasteiger partial charge < -0.3 is 20.3 Å². The standard InChI is InChI=1S/C29H39N3O4/c1-17-12-13-22(14-20(17)4)26(27(34)31-25-18(2)10-9-11-19(25)3)32(23-15-21(23)5)24(33)16-30-28(35)36-29(6,7)8/h9-14,21,23,26H,15-16H2,1-8H3,(H,30,35)(H,31,34). The average Bonchev–Trinajstić information content (AvgIpc) is 3.49. The molecule has 2 aromatic rings. The normalized spacial score (nSPS) is 17.7. The molecule has 0 radical (unpaired) electrons. The van der Waals surface area contributed by atoms with E-state index in [2.05, 4.69) is 17.6 Å². The lowest BCUT2D eigenvalue weighted by Crippen LogP contribution is -2.48. The molecule has 1 saturated carbocycles. The molecule has 36 heavy (non-hydrogen) atoms. The van der Waals surface area contributed by atoms with Crippen LogP contribution in [-0.4, -0.2) is 41.0 Å². The number of rotatable bonds is 7. The van der Waals surface area contributed by atoms with Crippen LogP contribution in [0.25, 0.3) is 0 Å². The largest absolute Gasteiger partial charge is 0.444 e. The fraction of sp³-hybridized carbons (Fsp3) is 0.483. The fourth-order valence-corrected chi connectivity index (χ4v) is 4.34. The fourth-order valence-electron chi connectivity index (χ4n) is 4.34. The highest BCUT2D eigenvalue weighted by molar-refractivity contribution is 5.99. The van der Waals surface area contributed by atoms with Gasteiger partial charge in [-0.1, -0.05) is 43.3 Å². The topological polar surface area (TPSA) is 87.7 Å². The second-order valence-electron chi connectivity index (χ2n) is 10.9. The molecule has 0 saturated heterocycles. The van der Waals surface area contributed by atoms with Crippen molar-refractivity contribution in [2.75, 3.05) is 11.9 Å². The van der Waals surface area contributed by atoms with E-state index < -0.39 is 17.7 Å². The van der Waals surface area contributed by atoms with Crippen LogP contribution in [0.3, 0.4) is 0 Å².